The van der Waals surface area contributed by atoms with E-state index in [4.69, 9.17) is 0 Å². The van der Waals surface area contributed by atoms with Gasteiger partial charge in [0.25, 0.3) is 0 Å². The van der Waals surface area contributed by atoms with Crippen LogP contribution in [0.25, 0.3) is 11.2 Å². The molecule has 5 rings (SSSR count). The van der Waals surface area contributed by atoms with Crippen molar-refractivity contribution < 1.29 is 0 Å². The Balaban J connectivity index is 1.31. The third kappa shape index (κ3) is 2.81. The summed E-state index contributed by atoms with van der Waals surface area (Å²) < 4.78 is 4.22. The summed E-state index contributed by atoms with van der Waals surface area (Å²) in [7, 11) is 2.06. The molecule has 28 heavy (non-hydrogen) atoms. The van der Waals surface area contributed by atoms with Gasteiger partial charge in [-0.15, -0.1) is 10.2 Å². The van der Waals surface area contributed by atoms with E-state index >= 15 is 0 Å². The van der Waals surface area contributed by atoms with Gasteiger partial charge >= 0.3 is 0 Å². The zero-order chi connectivity index (χ0) is 19.1. The summed E-state index contributed by atoms with van der Waals surface area (Å²) in [5.74, 6) is 4.31. The molecule has 1 aliphatic rings. The molecule has 1 saturated heterocycles. The molecular weight excluding hydrogens is 356 g/mol. The van der Waals surface area contributed by atoms with Gasteiger partial charge in [-0.1, -0.05) is 0 Å². The first kappa shape index (κ1) is 16.8. The molecule has 10 heteroatoms. The van der Waals surface area contributed by atoms with Gasteiger partial charge in [-0.05, 0) is 19.8 Å². The van der Waals surface area contributed by atoms with Gasteiger partial charge in [0.2, 0.25) is 0 Å². The molecule has 0 amide bonds. The van der Waals surface area contributed by atoms with Crippen LogP contribution in [0, 0.1) is 6.92 Å². The minimum Gasteiger partial charge on any atom is -0.355 e. The van der Waals surface area contributed by atoms with Crippen LogP contribution in [0.5, 0.6) is 0 Å². The van der Waals surface area contributed by atoms with Gasteiger partial charge in [0.05, 0.1) is 12.9 Å². The number of piperidine rings is 1. The minimum atomic E-state index is 0.394. The van der Waals surface area contributed by atoms with Crippen LogP contribution < -0.4 is 4.90 Å². The fraction of sp³-hybridized carbons (Fsp3) is 0.444. The molecule has 0 radical (unpaired) electrons. The van der Waals surface area contributed by atoms with Crippen molar-refractivity contribution in [2.75, 3.05) is 18.0 Å². The molecule has 0 aliphatic carbocycles. The normalized spacial score (nSPS) is 15.6. The fourth-order valence-electron chi connectivity index (χ4n) is 3.93. The topological polar surface area (TPSA) is 106 Å². The average Bonchev–Trinajstić information content (AvgIpc) is 3.44. The number of aryl methyl sites for hydroxylation is 1. The molecule has 4 aromatic rings. The Labute approximate surface area is 161 Å². The number of rotatable bonds is 4. The molecule has 144 valence electrons. The van der Waals surface area contributed by atoms with Crippen molar-refractivity contribution in [1.82, 2.24) is 44.3 Å². The molecule has 1 N–H and O–H groups in total. The maximum Gasteiger partial charge on any atom is 0.182 e. The number of aromatic amines is 1. The molecule has 0 aromatic carbocycles. The lowest BCUT2D eigenvalue weighted by Crippen LogP contribution is -2.34. The molecule has 10 nitrogen and oxygen atoms in total. The van der Waals surface area contributed by atoms with E-state index in [1.165, 1.54) is 0 Å². The van der Waals surface area contributed by atoms with Crippen molar-refractivity contribution in [1.29, 1.82) is 0 Å². The number of fused-ring (bicyclic) bond motifs is 1. The summed E-state index contributed by atoms with van der Waals surface area (Å²) in [5, 5.41) is 8.94. The number of nitrogens with zero attached hydrogens (tertiary/aromatic N) is 9. The number of nitrogens with one attached hydrogen (secondary N) is 1. The molecule has 4 aromatic heterocycles. The quantitative estimate of drug-likeness (QED) is 0.572. The second kappa shape index (κ2) is 6.70. The number of hydrogen-bond acceptors (Lipinski definition) is 7. The van der Waals surface area contributed by atoms with E-state index in [2.05, 4.69) is 56.2 Å². The lowest BCUT2D eigenvalue weighted by atomic mass is 9.96. The first-order valence-corrected chi connectivity index (χ1v) is 9.45. The highest BCUT2D eigenvalue weighted by Crippen LogP contribution is 2.30. The molecule has 0 atom stereocenters. The Morgan fingerprint density at radius 3 is 2.75 bits per heavy atom. The molecule has 5 heterocycles. The van der Waals surface area contributed by atoms with Crippen molar-refractivity contribution in [3.8, 4) is 0 Å². The first-order chi connectivity index (χ1) is 13.7. The van der Waals surface area contributed by atoms with Gasteiger partial charge in [-0.25, -0.2) is 19.9 Å². The zero-order valence-electron chi connectivity index (χ0n) is 15.9. The summed E-state index contributed by atoms with van der Waals surface area (Å²) in [6, 6.07) is 0. The SMILES string of the molecule is Cc1nccn1Cc1nnc(C2CCN(c3ncnc4nc[nH]c34)CC2)n1C. The van der Waals surface area contributed by atoms with Crippen molar-refractivity contribution in [2.24, 2.45) is 7.05 Å². The van der Waals surface area contributed by atoms with Crippen LogP contribution in [0.1, 0.15) is 36.2 Å². The van der Waals surface area contributed by atoms with Crippen molar-refractivity contribution >= 4 is 17.0 Å². The molecule has 0 unspecified atom stereocenters. The number of hydrogen-bond donors (Lipinski definition) is 1. The highest BCUT2D eigenvalue weighted by Gasteiger charge is 2.27. The van der Waals surface area contributed by atoms with Crippen molar-refractivity contribution in [3.63, 3.8) is 0 Å². The molecule has 0 bridgehead atoms. The van der Waals surface area contributed by atoms with Gasteiger partial charge in [0.1, 0.15) is 23.5 Å². The van der Waals surface area contributed by atoms with Gasteiger partial charge in [-0.3, -0.25) is 0 Å². The summed E-state index contributed by atoms with van der Waals surface area (Å²) >= 11 is 0. The van der Waals surface area contributed by atoms with E-state index in [1.54, 1.807) is 12.7 Å². The van der Waals surface area contributed by atoms with E-state index in [0.717, 1.165) is 54.7 Å². The molecule has 0 saturated carbocycles. The van der Waals surface area contributed by atoms with E-state index in [9.17, 15) is 0 Å². The average molecular weight is 378 g/mol. The monoisotopic (exact) mass is 378 g/mol. The minimum absolute atomic E-state index is 0.394. The lowest BCUT2D eigenvalue weighted by molar-refractivity contribution is 0.470. The third-order valence-corrected chi connectivity index (χ3v) is 5.60. The second-order valence-electron chi connectivity index (χ2n) is 7.20. The van der Waals surface area contributed by atoms with E-state index in [1.807, 2.05) is 19.3 Å². The van der Waals surface area contributed by atoms with Crippen molar-refractivity contribution in [3.05, 3.63) is 42.5 Å². The predicted molar refractivity (Wildman–Crippen MR) is 103 cm³/mol. The number of aromatic nitrogens is 9. The Bertz CT molecular complexity index is 1100. The predicted octanol–water partition coefficient (Wildman–Crippen LogP) is 1.42. The maximum atomic E-state index is 4.51. The van der Waals surface area contributed by atoms with Crippen LogP contribution in [0.15, 0.2) is 25.0 Å². The van der Waals surface area contributed by atoms with E-state index in [0.29, 0.717) is 18.1 Å². The Morgan fingerprint density at radius 1 is 1.11 bits per heavy atom. The molecule has 1 aliphatic heterocycles. The summed E-state index contributed by atoms with van der Waals surface area (Å²) in [6.07, 6.45) is 9.05. The van der Waals surface area contributed by atoms with Crippen LogP contribution in [0.4, 0.5) is 5.82 Å². The fourth-order valence-corrected chi connectivity index (χ4v) is 3.93. The Morgan fingerprint density at radius 2 is 1.96 bits per heavy atom. The summed E-state index contributed by atoms with van der Waals surface area (Å²) in [4.78, 5) is 22.6. The standard InChI is InChI=1S/C18H22N10/c1-12-19-5-8-28(12)9-14-24-25-17(26(14)2)13-3-6-27(7-4-13)18-15-16(21-10-20-15)22-11-23-18/h5,8,10-11,13H,3-4,6-7,9H2,1-2H3,(H,20,21,22,23). The van der Waals surface area contributed by atoms with Gasteiger partial charge in [0, 0.05) is 38.4 Å². The summed E-state index contributed by atoms with van der Waals surface area (Å²) in [5.41, 5.74) is 1.61. The summed E-state index contributed by atoms with van der Waals surface area (Å²) in [6.45, 7) is 4.51. The van der Waals surface area contributed by atoms with Crippen LogP contribution in [-0.4, -0.2) is 57.3 Å². The zero-order valence-corrected chi connectivity index (χ0v) is 15.9. The molecule has 1 fully saturated rings. The van der Waals surface area contributed by atoms with Crippen LogP contribution in [0.2, 0.25) is 0 Å². The van der Waals surface area contributed by atoms with Gasteiger partial charge in [0.15, 0.2) is 17.3 Å². The van der Waals surface area contributed by atoms with Crippen LogP contribution in [0.3, 0.4) is 0 Å². The van der Waals surface area contributed by atoms with E-state index in [-0.39, 0.29) is 0 Å². The van der Waals surface area contributed by atoms with Crippen molar-refractivity contribution in [2.45, 2.75) is 32.2 Å². The third-order valence-electron chi connectivity index (χ3n) is 5.60. The largest absolute Gasteiger partial charge is 0.355 e. The van der Waals surface area contributed by atoms with Crippen LogP contribution >= 0.6 is 0 Å². The van der Waals surface area contributed by atoms with E-state index < -0.39 is 0 Å². The molecule has 0 spiro atoms. The van der Waals surface area contributed by atoms with Gasteiger partial charge < -0.3 is 19.0 Å². The number of imidazole rings is 2. The first-order valence-electron chi connectivity index (χ1n) is 9.45. The highest BCUT2D eigenvalue weighted by molar-refractivity contribution is 5.82. The van der Waals surface area contributed by atoms with Crippen LogP contribution in [-0.2, 0) is 13.6 Å². The maximum absolute atomic E-state index is 4.51. The highest BCUT2D eigenvalue weighted by atomic mass is 15.3. The molecular formula is C18H22N10. The number of anilines is 1. The smallest absolute Gasteiger partial charge is 0.182 e. The second-order valence-corrected chi connectivity index (χ2v) is 7.20. The number of H-pyrrole nitrogens is 1. The Kier molecular flexibility index (Phi) is 4.03. The lowest BCUT2D eigenvalue weighted by Gasteiger charge is -2.32. The van der Waals surface area contributed by atoms with Gasteiger partial charge in [-0.2, -0.15) is 0 Å². The Hall–Kier alpha value is -3.30.